The molecule has 0 aliphatic carbocycles. The number of aryl methyl sites for hydroxylation is 3. The van der Waals surface area contributed by atoms with Crippen LogP contribution >= 0.6 is 11.3 Å². The molecule has 0 unspecified atom stereocenters. The molecule has 26 heavy (non-hydrogen) atoms. The summed E-state index contributed by atoms with van der Waals surface area (Å²) in [5, 5.41) is 0.958. The summed E-state index contributed by atoms with van der Waals surface area (Å²) in [7, 11) is -3.51. The Kier molecular flexibility index (Phi) is 5.45. The van der Waals surface area contributed by atoms with E-state index in [9.17, 15) is 13.2 Å². The molecule has 1 aromatic carbocycles. The second kappa shape index (κ2) is 7.46. The lowest BCUT2D eigenvalue weighted by Gasteiger charge is -2.34. The van der Waals surface area contributed by atoms with E-state index in [0.29, 0.717) is 37.5 Å². The summed E-state index contributed by atoms with van der Waals surface area (Å²) in [6.07, 6.45) is 0.335. The average molecular weight is 394 g/mol. The molecule has 0 atom stereocenters. The average Bonchev–Trinajstić information content (AvgIpc) is 2.92. The Balaban J connectivity index is 1.63. The zero-order valence-electron chi connectivity index (χ0n) is 15.2. The van der Waals surface area contributed by atoms with Crippen LogP contribution in [0.5, 0.6) is 0 Å². The molecule has 0 bridgehead atoms. The van der Waals surface area contributed by atoms with E-state index in [1.165, 1.54) is 4.31 Å². The molecule has 0 N–H and O–H groups in total. The maximum absolute atomic E-state index is 12.8. The Hall–Kier alpha value is -1.77. The standard InChI is InChI=1S/C18H23N3O3S2/c1-13-5-4-6-16(11-13)26(23,24)21-9-7-20(8-10-21)18(22)12-17-14(2)19-15(3)25-17/h4-6,11H,7-10,12H2,1-3H3. The van der Waals surface area contributed by atoms with E-state index in [2.05, 4.69) is 4.98 Å². The number of benzene rings is 1. The molecule has 1 aliphatic rings. The first-order valence-corrected chi connectivity index (χ1v) is 10.8. The summed E-state index contributed by atoms with van der Waals surface area (Å²) in [5.74, 6) is 0.0318. The summed E-state index contributed by atoms with van der Waals surface area (Å²) in [6.45, 7) is 7.20. The summed E-state index contributed by atoms with van der Waals surface area (Å²) in [5.41, 5.74) is 1.82. The first kappa shape index (κ1) is 19.0. The zero-order valence-corrected chi connectivity index (χ0v) is 16.9. The van der Waals surface area contributed by atoms with E-state index in [1.54, 1.807) is 34.4 Å². The third-order valence-corrected chi connectivity index (χ3v) is 7.50. The monoisotopic (exact) mass is 393 g/mol. The van der Waals surface area contributed by atoms with Crippen molar-refractivity contribution < 1.29 is 13.2 Å². The van der Waals surface area contributed by atoms with Crippen LogP contribution in [0.2, 0.25) is 0 Å². The first-order chi connectivity index (χ1) is 12.3. The molecule has 1 fully saturated rings. The van der Waals surface area contributed by atoms with Crippen molar-refractivity contribution in [3.63, 3.8) is 0 Å². The van der Waals surface area contributed by atoms with Gasteiger partial charge in [0.15, 0.2) is 0 Å². The third kappa shape index (κ3) is 3.97. The number of carbonyl (C=O) groups excluding carboxylic acids is 1. The van der Waals surface area contributed by atoms with E-state index < -0.39 is 10.0 Å². The van der Waals surface area contributed by atoms with Crippen LogP contribution in [0.15, 0.2) is 29.2 Å². The van der Waals surface area contributed by atoms with E-state index >= 15 is 0 Å². The maximum atomic E-state index is 12.8. The molecule has 3 rings (SSSR count). The topological polar surface area (TPSA) is 70.6 Å². The molecule has 1 saturated heterocycles. The largest absolute Gasteiger partial charge is 0.340 e. The molecule has 1 aromatic heterocycles. The SMILES string of the molecule is Cc1cccc(S(=O)(=O)N2CCN(C(=O)Cc3sc(C)nc3C)CC2)c1. The van der Waals surface area contributed by atoms with Gasteiger partial charge in [-0.25, -0.2) is 13.4 Å². The number of nitrogens with zero attached hydrogens (tertiary/aromatic N) is 3. The highest BCUT2D eigenvalue weighted by Gasteiger charge is 2.30. The Morgan fingerprint density at radius 2 is 1.85 bits per heavy atom. The lowest BCUT2D eigenvalue weighted by molar-refractivity contribution is -0.131. The number of hydrogen-bond acceptors (Lipinski definition) is 5. The van der Waals surface area contributed by atoms with Gasteiger partial charge in [0.05, 0.1) is 22.0 Å². The molecule has 0 saturated carbocycles. The fourth-order valence-corrected chi connectivity index (χ4v) is 5.55. The van der Waals surface area contributed by atoms with Gasteiger partial charge in [0.2, 0.25) is 15.9 Å². The highest BCUT2D eigenvalue weighted by atomic mass is 32.2. The van der Waals surface area contributed by atoms with Crippen LogP contribution < -0.4 is 0 Å². The summed E-state index contributed by atoms with van der Waals surface area (Å²) in [4.78, 5) is 19.9. The Labute approximate surface area is 158 Å². The van der Waals surface area contributed by atoms with Gasteiger partial charge in [0, 0.05) is 31.1 Å². The Morgan fingerprint density at radius 1 is 1.15 bits per heavy atom. The van der Waals surface area contributed by atoms with Crippen molar-refractivity contribution in [2.24, 2.45) is 0 Å². The molecule has 0 spiro atoms. The van der Waals surface area contributed by atoms with Crippen LogP contribution in [-0.4, -0.2) is 54.7 Å². The maximum Gasteiger partial charge on any atom is 0.243 e. The number of thiazole rings is 1. The summed E-state index contributed by atoms with van der Waals surface area (Å²) >= 11 is 1.55. The fraction of sp³-hybridized carbons (Fsp3) is 0.444. The van der Waals surface area contributed by atoms with Crippen LogP contribution in [0, 0.1) is 20.8 Å². The molecular formula is C18H23N3O3S2. The third-order valence-electron chi connectivity index (χ3n) is 4.53. The van der Waals surface area contributed by atoms with Gasteiger partial charge < -0.3 is 4.90 Å². The van der Waals surface area contributed by atoms with Crippen LogP contribution in [-0.2, 0) is 21.2 Å². The molecule has 140 valence electrons. The minimum absolute atomic E-state index is 0.0318. The van der Waals surface area contributed by atoms with Crippen LogP contribution in [0.1, 0.15) is 21.1 Å². The summed E-state index contributed by atoms with van der Waals surface area (Å²) in [6, 6.07) is 6.93. The van der Waals surface area contributed by atoms with Crippen molar-refractivity contribution in [3.05, 3.63) is 45.4 Å². The number of sulfonamides is 1. The second-order valence-electron chi connectivity index (χ2n) is 6.52. The highest BCUT2D eigenvalue weighted by molar-refractivity contribution is 7.89. The van der Waals surface area contributed by atoms with Gasteiger partial charge >= 0.3 is 0 Å². The quantitative estimate of drug-likeness (QED) is 0.798. The van der Waals surface area contributed by atoms with Crippen molar-refractivity contribution in [2.45, 2.75) is 32.1 Å². The van der Waals surface area contributed by atoms with Crippen molar-refractivity contribution in [3.8, 4) is 0 Å². The first-order valence-electron chi connectivity index (χ1n) is 8.55. The van der Waals surface area contributed by atoms with Crippen LogP contribution in [0.25, 0.3) is 0 Å². The molecule has 2 heterocycles. The molecule has 6 nitrogen and oxygen atoms in total. The molecule has 8 heteroatoms. The highest BCUT2D eigenvalue weighted by Crippen LogP contribution is 2.21. The van der Waals surface area contributed by atoms with Crippen molar-refractivity contribution in [1.82, 2.24) is 14.2 Å². The van der Waals surface area contributed by atoms with Crippen molar-refractivity contribution in [1.29, 1.82) is 0 Å². The van der Waals surface area contributed by atoms with E-state index in [4.69, 9.17) is 0 Å². The molecule has 2 aromatic rings. The minimum atomic E-state index is -3.51. The molecule has 1 aliphatic heterocycles. The normalized spacial score (nSPS) is 16.0. The van der Waals surface area contributed by atoms with Crippen molar-refractivity contribution in [2.75, 3.05) is 26.2 Å². The number of amides is 1. The van der Waals surface area contributed by atoms with E-state index in [0.717, 1.165) is 21.1 Å². The molecule has 0 radical (unpaired) electrons. The van der Waals surface area contributed by atoms with E-state index in [1.807, 2.05) is 26.8 Å². The number of aromatic nitrogens is 1. The van der Waals surface area contributed by atoms with Crippen LogP contribution in [0.4, 0.5) is 0 Å². The smallest absolute Gasteiger partial charge is 0.243 e. The predicted octanol–water partition coefficient (Wildman–Crippen LogP) is 2.14. The van der Waals surface area contributed by atoms with Gasteiger partial charge in [-0.2, -0.15) is 4.31 Å². The zero-order chi connectivity index (χ0) is 18.9. The van der Waals surface area contributed by atoms with Gasteiger partial charge in [-0.05, 0) is 38.5 Å². The van der Waals surface area contributed by atoms with Crippen LogP contribution in [0.3, 0.4) is 0 Å². The predicted molar refractivity (Wildman–Crippen MR) is 102 cm³/mol. The number of hydrogen-bond donors (Lipinski definition) is 0. The van der Waals surface area contributed by atoms with E-state index in [-0.39, 0.29) is 5.91 Å². The van der Waals surface area contributed by atoms with Gasteiger partial charge in [-0.1, -0.05) is 12.1 Å². The van der Waals surface area contributed by atoms with Crippen molar-refractivity contribution >= 4 is 27.3 Å². The minimum Gasteiger partial charge on any atom is -0.340 e. The Morgan fingerprint density at radius 3 is 2.42 bits per heavy atom. The number of carbonyl (C=O) groups is 1. The number of rotatable bonds is 4. The second-order valence-corrected chi connectivity index (χ2v) is 9.75. The summed E-state index contributed by atoms with van der Waals surface area (Å²) < 4.78 is 27.0. The van der Waals surface area contributed by atoms with Gasteiger partial charge in [-0.3, -0.25) is 4.79 Å². The lowest BCUT2D eigenvalue weighted by atomic mass is 10.2. The molecular weight excluding hydrogens is 370 g/mol. The number of piperazine rings is 1. The fourth-order valence-electron chi connectivity index (χ4n) is 3.09. The molecule has 1 amide bonds. The van der Waals surface area contributed by atoms with Gasteiger partial charge in [-0.15, -0.1) is 11.3 Å². The lowest BCUT2D eigenvalue weighted by Crippen LogP contribution is -2.50. The van der Waals surface area contributed by atoms with Gasteiger partial charge in [0.25, 0.3) is 0 Å². The Bertz CT molecular complexity index is 914. The van der Waals surface area contributed by atoms with Gasteiger partial charge in [0.1, 0.15) is 0 Å².